The molecule has 0 saturated carbocycles. The Morgan fingerprint density at radius 3 is 1.79 bits per heavy atom. The zero-order valence-electron chi connectivity index (χ0n) is 19.5. The molecule has 0 radical (unpaired) electrons. The molecule has 1 unspecified atom stereocenters. The first-order chi connectivity index (χ1) is 13.5. The maximum Gasteiger partial charge on any atom is 0.220 e. The summed E-state index contributed by atoms with van der Waals surface area (Å²) in [7, 11) is 0. The highest BCUT2D eigenvalue weighted by Crippen LogP contribution is 2.16. The van der Waals surface area contributed by atoms with Gasteiger partial charge in [0.25, 0.3) is 0 Å². The van der Waals surface area contributed by atoms with Crippen LogP contribution in [0.5, 0.6) is 0 Å². The van der Waals surface area contributed by atoms with Crippen LogP contribution in [0.1, 0.15) is 130 Å². The molecule has 3 heteroatoms. The predicted molar refractivity (Wildman–Crippen MR) is 125 cm³/mol. The van der Waals surface area contributed by atoms with Gasteiger partial charge < -0.3 is 11.1 Å². The highest BCUT2D eigenvalue weighted by molar-refractivity contribution is 5.76. The highest BCUT2D eigenvalue weighted by Gasteiger charge is 2.28. The smallest absolute Gasteiger partial charge is 0.220 e. The molecule has 28 heavy (non-hydrogen) atoms. The largest absolute Gasteiger partial charge is 0.352 e. The van der Waals surface area contributed by atoms with Gasteiger partial charge in [-0.2, -0.15) is 0 Å². The minimum Gasteiger partial charge on any atom is -0.352 e. The number of carbonyl (C=O) groups excluding carboxylic acids is 1. The summed E-state index contributed by atoms with van der Waals surface area (Å²) in [5.41, 5.74) is 6.07. The maximum absolute atomic E-state index is 12.1. The quantitative estimate of drug-likeness (QED) is 0.182. The molecular formula is C25H50N2O. The van der Waals surface area contributed by atoms with Crippen LogP contribution in [0.3, 0.4) is 0 Å². The molecule has 0 aliphatic heterocycles. The van der Waals surface area contributed by atoms with Crippen molar-refractivity contribution in [2.24, 2.45) is 5.73 Å². The van der Waals surface area contributed by atoms with E-state index in [2.05, 4.69) is 38.2 Å². The van der Waals surface area contributed by atoms with Crippen molar-refractivity contribution < 1.29 is 4.79 Å². The lowest BCUT2D eigenvalue weighted by molar-refractivity contribution is -0.122. The first-order valence-electron chi connectivity index (χ1n) is 12.2. The van der Waals surface area contributed by atoms with Crippen molar-refractivity contribution in [3.8, 4) is 0 Å². The number of hydrogen-bond acceptors (Lipinski definition) is 2. The summed E-state index contributed by atoms with van der Waals surface area (Å²) >= 11 is 0. The van der Waals surface area contributed by atoms with Gasteiger partial charge in [-0.15, -0.1) is 0 Å². The average Bonchev–Trinajstić information content (AvgIpc) is 2.70. The van der Waals surface area contributed by atoms with E-state index in [9.17, 15) is 4.79 Å². The number of hydrogen-bond donors (Lipinski definition) is 2. The Labute approximate surface area is 176 Å². The van der Waals surface area contributed by atoms with E-state index in [0.717, 1.165) is 25.7 Å². The van der Waals surface area contributed by atoms with Gasteiger partial charge in [-0.1, -0.05) is 84.3 Å². The lowest BCUT2D eigenvalue weighted by Crippen LogP contribution is -2.56. The molecule has 0 spiro atoms. The van der Waals surface area contributed by atoms with E-state index in [1.54, 1.807) is 0 Å². The molecule has 0 bridgehead atoms. The van der Waals surface area contributed by atoms with Crippen molar-refractivity contribution in [2.45, 2.75) is 142 Å². The Balaban J connectivity index is 3.50. The second-order valence-electron chi connectivity index (χ2n) is 8.56. The molecule has 0 aromatic rings. The lowest BCUT2D eigenvalue weighted by atomic mass is 9.86. The second kappa shape index (κ2) is 18.2. The van der Waals surface area contributed by atoms with Crippen molar-refractivity contribution in [1.82, 2.24) is 5.32 Å². The molecule has 3 nitrogen and oxygen atoms in total. The van der Waals surface area contributed by atoms with E-state index in [1.165, 1.54) is 70.6 Å². The third kappa shape index (κ3) is 14.2. The summed E-state index contributed by atoms with van der Waals surface area (Å²) in [6.45, 7) is 8.49. The summed E-state index contributed by atoms with van der Waals surface area (Å²) in [6, 6.07) is 0.0399. The van der Waals surface area contributed by atoms with Gasteiger partial charge in [0.15, 0.2) is 0 Å². The predicted octanol–water partition coefficient (Wildman–Crippen LogP) is 7.05. The summed E-state index contributed by atoms with van der Waals surface area (Å²) in [5, 5.41) is 3.10. The summed E-state index contributed by atoms with van der Waals surface area (Å²) in [4.78, 5) is 12.1. The number of allylic oxidation sites excluding steroid dienone is 2. The van der Waals surface area contributed by atoms with Crippen LogP contribution in [0.2, 0.25) is 0 Å². The Kier molecular flexibility index (Phi) is 17.7. The van der Waals surface area contributed by atoms with Crippen LogP contribution in [0.4, 0.5) is 0 Å². The van der Waals surface area contributed by atoms with Crippen molar-refractivity contribution in [3.05, 3.63) is 12.2 Å². The van der Waals surface area contributed by atoms with Gasteiger partial charge in [0, 0.05) is 18.0 Å². The molecule has 166 valence electrons. The normalized spacial score (nSPS) is 13.2. The van der Waals surface area contributed by atoms with Crippen LogP contribution in [0, 0.1) is 0 Å². The minimum absolute atomic E-state index is 0.0399. The third-order valence-corrected chi connectivity index (χ3v) is 6.22. The molecule has 0 rings (SSSR count). The van der Waals surface area contributed by atoms with Gasteiger partial charge in [0.1, 0.15) is 0 Å². The average molecular weight is 395 g/mol. The van der Waals surface area contributed by atoms with Crippen LogP contribution in [0.15, 0.2) is 12.2 Å². The third-order valence-electron chi connectivity index (χ3n) is 6.22. The summed E-state index contributed by atoms with van der Waals surface area (Å²) < 4.78 is 0. The number of nitrogens with one attached hydrogen (secondary N) is 1. The van der Waals surface area contributed by atoms with Crippen molar-refractivity contribution >= 4 is 5.91 Å². The molecule has 0 heterocycles. The summed E-state index contributed by atoms with van der Waals surface area (Å²) in [5.74, 6) is 0.154. The zero-order valence-corrected chi connectivity index (χ0v) is 19.5. The fraction of sp³-hybridized carbons (Fsp3) is 0.880. The van der Waals surface area contributed by atoms with E-state index in [4.69, 9.17) is 5.73 Å². The van der Waals surface area contributed by atoms with Gasteiger partial charge in [-0.3, -0.25) is 4.79 Å². The van der Waals surface area contributed by atoms with Gasteiger partial charge in [0.05, 0.1) is 0 Å². The van der Waals surface area contributed by atoms with Gasteiger partial charge in [-0.05, 0) is 51.9 Å². The van der Waals surface area contributed by atoms with Crippen molar-refractivity contribution in [3.63, 3.8) is 0 Å². The zero-order chi connectivity index (χ0) is 21.1. The molecule has 0 saturated heterocycles. The fourth-order valence-electron chi connectivity index (χ4n) is 3.68. The molecule has 0 aromatic heterocycles. The molecular weight excluding hydrogens is 344 g/mol. The van der Waals surface area contributed by atoms with Crippen LogP contribution < -0.4 is 11.1 Å². The Morgan fingerprint density at radius 1 is 0.821 bits per heavy atom. The maximum atomic E-state index is 12.1. The molecule has 1 atom stereocenters. The number of carbonyl (C=O) groups is 1. The van der Waals surface area contributed by atoms with Crippen LogP contribution >= 0.6 is 0 Å². The van der Waals surface area contributed by atoms with Crippen molar-refractivity contribution in [1.29, 1.82) is 0 Å². The van der Waals surface area contributed by atoms with Crippen LogP contribution in [0.25, 0.3) is 0 Å². The number of rotatable bonds is 19. The first-order valence-corrected chi connectivity index (χ1v) is 12.2. The molecule has 0 aliphatic carbocycles. The lowest BCUT2D eigenvalue weighted by Gasteiger charge is -2.34. The van der Waals surface area contributed by atoms with Gasteiger partial charge in [0.2, 0.25) is 5.91 Å². The number of amides is 1. The van der Waals surface area contributed by atoms with Gasteiger partial charge >= 0.3 is 0 Å². The second-order valence-corrected chi connectivity index (χ2v) is 8.56. The number of unbranched alkanes of at least 4 members (excludes halogenated alkanes) is 11. The minimum atomic E-state index is -0.280. The molecule has 0 aliphatic rings. The standard InChI is InChI=1S/C25H50N2O/c1-5-8-9-10-11-12-13-14-15-16-17-18-19-20-21-22-24(28)27-23(4)25(26,6-2)7-3/h14-15,23H,5-13,16-22,26H2,1-4H3,(H,27,28)/b15-14-. The van der Waals surface area contributed by atoms with E-state index >= 15 is 0 Å². The molecule has 0 aromatic carbocycles. The highest BCUT2D eigenvalue weighted by atomic mass is 16.1. The fourth-order valence-corrected chi connectivity index (χ4v) is 3.68. The Morgan fingerprint density at radius 2 is 1.29 bits per heavy atom. The van der Waals surface area contributed by atoms with E-state index in [0.29, 0.717) is 6.42 Å². The first kappa shape index (κ1) is 27.2. The van der Waals surface area contributed by atoms with Gasteiger partial charge in [-0.25, -0.2) is 0 Å². The molecule has 1 amide bonds. The molecule has 0 fully saturated rings. The Hall–Kier alpha value is -0.830. The molecule has 3 N–H and O–H groups in total. The monoisotopic (exact) mass is 394 g/mol. The SMILES string of the molecule is CCCCCCCC/C=C\CCCCCCCC(=O)NC(C)C(N)(CC)CC. The number of nitrogens with two attached hydrogens (primary N) is 1. The van der Waals surface area contributed by atoms with E-state index in [1.807, 2.05) is 6.92 Å². The topological polar surface area (TPSA) is 55.1 Å². The van der Waals surface area contributed by atoms with E-state index < -0.39 is 0 Å². The van der Waals surface area contributed by atoms with Crippen LogP contribution in [-0.2, 0) is 4.79 Å². The van der Waals surface area contributed by atoms with Crippen molar-refractivity contribution in [2.75, 3.05) is 0 Å². The van der Waals surface area contributed by atoms with E-state index in [-0.39, 0.29) is 17.5 Å². The summed E-state index contributed by atoms with van der Waals surface area (Å²) in [6.07, 6.45) is 23.8. The van der Waals surface area contributed by atoms with Crippen LogP contribution in [-0.4, -0.2) is 17.5 Å². The Bertz CT molecular complexity index is 388.